The third kappa shape index (κ3) is 3.02. The number of hydrogen-bond donors (Lipinski definition) is 2. The molecule has 0 spiro atoms. The summed E-state index contributed by atoms with van der Waals surface area (Å²) in [5.41, 5.74) is -2.45. The second-order valence-electron chi connectivity index (χ2n) is 6.74. The van der Waals surface area contributed by atoms with Crippen LogP contribution in [0.1, 0.15) is 39.2 Å². The van der Waals surface area contributed by atoms with Gasteiger partial charge < -0.3 is 4.74 Å². The van der Waals surface area contributed by atoms with Crippen LogP contribution in [0.2, 0.25) is 0 Å². The molecule has 1 unspecified atom stereocenters. The number of nitrogens with one attached hydrogen (secondary N) is 2. The number of amides is 4. The average molecular weight is 332 g/mol. The summed E-state index contributed by atoms with van der Waals surface area (Å²) in [6.45, 7) is 6.43. The first kappa shape index (κ1) is 17.7. The van der Waals surface area contributed by atoms with Crippen molar-refractivity contribution in [2.45, 2.75) is 39.2 Å². The lowest BCUT2D eigenvalue weighted by Gasteiger charge is -2.39. The van der Waals surface area contributed by atoms with E-state index in [2.05, 4.69) is 0 Å². The molecule has 1 fully saturated rings. The van der Waals surface area contributed by atoms with E-state index in [0.717, 1.165) is 0 Å². The van der Waals surface area contributed by atoms with Crippen LogP contribution in [-0.2, 0) is 19.1 Å². The molecule has 7 heteroatoms. The summed E-state index contributed by atoms with van der Waals surface area (Å²) < 4.78 is 5.42. The third-order valence-electron chi connectivity index (χ3n) is 3.90. The summed E-state index contributed by atoms with van der Waals surface area (Å²) in [6.07, 6.45) is 0. The number of barbiturate groups is 1. The molecule has 0 bridgehead atoms. The topological polar surface area (TPSA) is 102 Å². The zero-order valence-corrected chi connectivity index (χ0v) is 14.0. The van der Waals surface area contributed by atoms with Crippen LogP contribution in [0.3, 0.4) is 0 Å². The molecule has 1 saturated heterocycles. The number of carbonyl (C=O) groups is 4. The van der Waals surface area contributed by atoms with E-state index in [0.29, 0.717) is 5.56 Å². The summed E-state index contributed by atoms with van der Waals surface area (Å²) in [6, 6.07) is 7.77. The maximum Gasteiger partial charge on any atom is 0.328 e. The summed E-state index contributed by atoms with van der Waals surface area (Å²) in [4.78, 5) is 48.9. The quantitative estimate of drug-likeness (QED) is 0.645. The van der Waals surface area contributed by atoms with Crippen LogP contribution in [0.25, 0.3) is 0 Å². The van der Waals surface area contributed by atoms with Gasteiger partial charge in [-0.05, 0) is 26.3 Å². The maximum atomic E-state index is 12.5. The van der Waals surface area contributed by atoms with E-state index in [1.807, 2.05) is 10.6 Å². The predicted molar refractivity (Wildman–Crippen MR) is 84.8 cm³/mol. The molecule has 2 rings (SSSR count). The highest BCUT2D eigenvalue weighted by atomic mass is 16.6. The minimum Gasteiger partial charge on any atom is -0.438 e. The van der Waals surface area contributed by atoms with Gasteiger partial charge in [0.1, 0.15) is 0 Å². The first-order chi connectivity index (χ1) is 11.1. The first-order valence-corrected chi connectivity index (χ1v) is 7.54. The van der Waals surface area contributed by atoms with Gasteiger partial charge in [0.2, 0.25) is 0 Å². The largest absolute Gasteiger partial charge is 0.438 e. The molecule has 1 aliphatic heterocycles. The van der Waals surface area contributed by atoms with Crippen LogP contribution in [0.5, 0.6) is 0 Å². The number of carbonyl (C=O) groups excluding carboxylic acids is 4. The number of benzene rings is 1. The van der Waals surface area contributed by atoms with E-state index in [1.165, 1.54) is 0 Å². The molecule has 24 heavy (non-hydrogen) atoms. The van der Waals surface area contributed by atoms with E-state index in [9.17, 15) is 19.2 Å². The Morgan fingerprint density at radius 2 is 1.54 bits per heavy atom. The molecule has 128 valence electrons. The number of imide groups is 2. The van der Waals surface area contributed by atoms with Gasteiger partial charge in [0.05, 0.1) is 5.41 Å². The third-order valence-corrected chi connectivity index (χ3v) is 3.90. The van der Waals surface area contributed by atoms with Gasteiger partial charge in [-0.25, -0.2) is 4.79 Å². The van der Waals surface area contributed by atoms with Crippen molar-refractivity contribution in [1.29, 1.82) is 0 Å². The van der Waals surface area contributed by atoms with Crippen molar-refractivity contribution in [3.8, 4) is 0 Å². The minimum atomic E-state index is -2.15. The minimum absolute atomic E-state index is 0.624. The lowest BCUT2D eigenvalue weighted by Crippen LogP contribution is -2.70. The van der Waals surface area contributed by atoms with Gasteiger partial charge in [-0.1, -0.05) is 37.3 Å². The van der Waals surface area contributed by atoms with E-state index >= 15 is 0 Å². The van der Waals surface area contributed by atoms with E-state index in [1.54, 1.807) is 58.0 Å². The number of urea groups is 1. The highest BCUT2D eigenvalue weighted by Gasteiger charge is 2.59. The molecule has 0 aromatic heterocycles. The normalized spacial score (nSPS) is 18.4. The molecule has 1 atom stereocenters. The maximum absolute atomic E-state index is 12.5. The van der Waals surface area contributed by atoms with Gasteiger partial charge in [-0.15, -0.1) is 0 Å². The fourth-order valence-corrected chi connectivity index (χ4v) is 2.38. The van der Waals surface area contributed by atoms with Gasteiger partial charge in [-0.3, -0.25) is 25.0 Å². The zero-order valence-electron chi connectivity index (χ0n) is 14.0. The number of ether oxygens (including phenoxy) is 1. The van der Waals surface area contributed by atoms with E-state index in [-0.39, 0.29) is 0 Å². The molecular formula is C17H20N2O5. The van der Waals surface area contributed by atoms with Crippen molar-refractivity contribution < 1.29 is 23.9 Å². The average Bonchev–Trinajstić information content (AvgIpc) is 2.50. The van der Waals surface area contributed by atoms with Crippen molar-refractivity contribution in [1.82, 2.24) is 10.6 Å². The van der Waals surface area contributed by atoms with Crippen LogP contribution in [-0.4, -0.2) is 29.4 Å². The Bertz CT molecular complexity index is 671. The van der Waals surface area contributed by atoms with Crippen LogP contribution in [0.15, 0.2) is 30.3 Å². The van der Waals surface area contributed by atoms with Gasteiger partial charge in [0.15, 0.2) is 0 Å². The Morgan fingerprint density at radius 1 is 1.04 bits per heavy atom. The molecule has 1 aromatic carbocycles. The molecular weight excluding hydrogens is 312 g/mol. The van der Waals surface area contributed by atoms with Gasteiger partial charge in [0, 0.05) is 5.92 Å². The van der Waals surface area contributed by atoms with Crippen molar-refractivity contribution in [2.75, 3.05) is 0 Å². The highest BCUT2D eigenvalue weighted by molar-refractivity contribution is 6.23. The van der Waals surface area contributed by atoms with Gasteiger partial charge in [-0.2, -0.15) is 0 Å². The molecule has 1 aliphatic rings. The zero-order chi connectivity index (χ0) is 18.1. The molecule has 0 aliphatic carbocycles. The Balaban J connectivity index is 2.53. The van der Waals surface area contributed by atoms with Crippen molar-refractivity contribution >= 4 is 23.8 Å². The number of rotatable bonds is 3. The monoisotopic (exact) mass is 332 g/mol. The first-order valence-electron chi connectivity index (χ1n) is 7.54. The SMILES string of the molecule is CC(c1ccccc1)C1(OC(=O)C(C)(C)C)C(=O)NC(=O)NC1=O. The summed E-state index contributed by atoms with van der Waals surface area (Å²) in [5.74, 6) is -3.42. The Hall–Kier alpha value is -2.70. The van der Waals surface area contributed by atoms with E-state index in [4.69, 9.17) is 4.74 Å². The number of hydrogen-bond acceptors (Lipinski definition) is 5. The lowest BCUT2D eigenvalue weighted by molar-refractivity contribution is -0.184. The predicted octanol–water partition coefficient (Wildman–Crippen LogP) is 1.48. The molecule has 1 aromatic rings. The molecule has 0 radical (unpaired) electrons. The summed E-state index contributed by atoms with van der Waals surface area (Å²) in [7, 11) is 0. The van der Waals surface area contributed by atoms with Crippen molar-refractivity contribution in [3.05, 3.63) is 35.9 Å². The fourth-order valence-electron chi connectivity index (χ4n) is 2.38. The Kier molecular flexibility index (Phi) is 4.46. The summed E-state index contributed by atoms with van der Waals surface area (Å²) >= 11 is 0. The molecule has 4 amide bonds. The van der Waals surface area contributed by atoms with Crippen LogP contribution in [0, 0.1) is 5.41 Å². The Morgan fingerprint density at radius 3 is 2.00 bits per heavy atom. The molecule has 0 saturated carbocycles. The van der Waals surface area contributed by atoms with Crippen LogP contribution >= 0.6 is 0 Å². The smallest absolute Gasteiger partial charge is 0.328 e. The molecule has 7 nitrogen and oxygen atoms in total. The number of esters is 1. The lowest BCUT2D eigenvalue weighted by atomic mass is 9.80. The van der Waals surface area contributed by atoms with Crippen LogP contribution in [0.4, 0.5) is 4.79 Å². The summed E-state index contributed by atoms with van der Waals surface area (Å²) in [5, 5.41) is 4.04. The second-order valence-corrected chi connectivity index (χ2v) is 6.74. The highest BCUT2D eigenvalue weighted by Crippen LogP contribution is 2.35. The molecule has 1 heterocycles. The fraction of sp³-hybridized carbons (Fsp3) is 0.412. The molecule has 2 N–H and O–H groups in total. The Labute approximate surface area is 139 Å². The standard InChI is InChI=1S/C17H20N2O5/c1-10(11-8-6-5-7-9-11)17(24-14(22)16(2,3)4)12(20)18-15(23)19-13(17)21/h5-10H,1-4H3,(H2,18,19,20,21,23). The van der Waals surface area contributed by atoms with Crippen molar-refractivity contribution in [3.63, 3.8) is 0 Å². The van der Waals surface area contributed by atoms with E-state index < -0.39 is 40.7 Å². The van der Waals surface area contributed by atoms with Crippen LogP contribution < -0.4 is 10.6 Å². The van der Waals surface area contributed by atoms with Gasteiger partial charge in [0.25, 0.3) is 17.4 Å². The van der Waals surface area contributed by atoms with Crippen molar-refractivity contribution in [2.24, 2.45) is 5.41 Å². The van der Waals surface area contributed by atoms with Gasteiger partial charge >= 0.3 is 12.0 Å². The second kappa shape index (κ2) is 6.07.